The Bertz CT molecular complexity index is 561. The number of rotatable bonds is 2. The van der Waals surface area contributed by atoms with Gasteiger partial charge in [0.05, 0.1) is 5.56 Å². The summed E-state index contributed by atoms with van der Waals surface area (Å²) in [6, 6.07) is 9.28. The molecule has 4 heteroatoms. The summed E-state index contributed by atoms with van der Waals surface area (Å²) in [4.78, 5) is 10.7. The van der Waals surface area contributed by atoms with Gasteiger partial charge in [-0.25, -0.2) is 4.39 Å². The molecule has 0 aliphatic heterocycles. The van der Waals surface area contributed by atoms with Crippen molar-refractivity contribution in [1.29, 1.82) is 0 Å². The number of carbonyl (C=O) groups is 1. The van der Waals surface area contributed by atoms with Crippen LogP contribution in [-0.4, -0.2) is 6.29 Å². The largest absolute Gasteiger partial charge is 0.298 e. The highest BCUT2D eigenvalue weighted by Gasteiger charge is 2.10. The van der Waals surface area contributed by atoms with Crippen molar-refractivity contribution in [2.75, 3.05) is 0 Å². The van der Waals surface area contributed by atoms with Crippen molar-refractivity contribution in [1.82, 2.24) is 0 Å². The Labute approximate surface area is 108 Å². The molecular formula is C13H7Cl2FO. The Morgan fingerprint density at radius 1 is 1.06 bits per heavy atom. The summed E-state index contributed by atoms with van der Waals surface area (Å²) in [5.41, 5.74) is 1.20. The Hall–Kier alpha value is -1.38. The maximum atomic E-state index is 13.2. The van der Waals surface area contributed by atoms with Crippen molar-refractivity contribution in [2.45, 2.75) is 0 Å². The summed E-state index contributed by atoms with van der Waals surface area (Å²) in [5, 5.41) is 0.918. The van der Waals surface area contributed by atoms with Gasteiger partial charge in [0.2, 0.25) is 0 Å². The van der Waals surface area contributed by atoms with Crippen molar-refractivity contribution in [3.05, 3.63) is 57.8 Å². The van der Waals surface area contributed by atoms with Crippen LogP contribution in [0.2, 0.25) is 10.0 Å². The van der Waals surface area contributed by atoms with E-state index in [1.165, 1.54) is 18.2 Å². The van der Waals surface area contributed by atoms with Gasteiger partial charge in [0.25, 0.3) is 0 Å². The van der Waals surface area contributed by atoms with Gasteiger partial charge in [-0.05, 0) is 29.8 Å². The summed E-state index contributed by atoms with van der Waals surface area (Å²) in [7, 11) is 0. The Morgan fingerprint density at radius 3 is 2.29 bits per heavy atom. The zero-order valence-corrected chi connectivity index (χ0v) is 10.1. The zero-order valence-electron chi connectivity index (χ0n) is 8.58. The fourth-order valence-corrected chi connectivity index (χ4v) is 2.18. The van der Waals surface area contributed by atoms with Crippen LogP contribution in [0.3, 0.4) is 0 Å². The maximum Gasteiger partial charge on any atom is 0.153 e. The minimum absolute atomic E-state index is 0.0153. The zero-order chi connectivity index (χ0) is 12.4. The SMILES string of the molecule is O=Cc1cc(-c2c(Cl)cccc2Cl)ccc1F. The monoisotopic (exact) mass is 268 g/mol. The molecule has 0 amide bonds. The molecule has 17 heavy (non-hydrogen) atoms. The Balaban J connectivity index is 2.65. The first kappa shape index (κ1) is 12.1. The molecule has 2 aromatic carbocycles. The first-order chi connectivity index (χ1) is 8.13. The third-order valence-electron chi connectivity index (χ3n) is 2.37. The van der Waals surface area contributed by atoms with E-state index in [0.717, 1.165) is 0 Å². The summed E-state index contributed by atoms with van der Waals surface area (Å²) < 4.78 is 13.2. The smallest absolute Gasteiger partial charge is 0.153 e. The van der Waals surface area contributed by atoms with Gasteiger partial charge in [0.15, 0.2) is 6.29 Å². The van der Waals surface area contributed by atoms with Crippen molar-refractivity contribution < 1.29 is 9.18 Å². The van der Waals surface area contributed by atoms with E-state index < -0.39 is 5.82 Å². The lowest BCUT2D eigenvalue weighted by Crippen LogP contribution is -1.89. The second-order valence-electron chi connectivity index (χ2n) is 3.45. The lowest BCUT2D eigenvalue weighted by Gasteiger charge is -2.07. The van der Waals surface area contributed by atoms with Crippen LogP contribution < -0.4 is 0 Å². The number of halogens is 3. The van der Waals surface area contributed by atoms with Gasteiger partial charge in [-0.15, -0.1) is 0 Å². The van der Waals surface area contributed by atoms with E-state index in [-0.39, 0.29) is 5.56 Å². The molecule has 2 aromatic rings. The minimum Gasteiger partial charge on any atom is -0.298 e. The van der Waals surface area contributed by atoms with Gasteiger partial charge < -0.3 is 0 Å². The van der Waals surface area contributed by atoms with Crippen molar-refractivity contribution >= 4 is 29.5 Å². The van der Waals surface area contributed by atoms with Crippen molar-refractivity contribution in [3.63, 3.8) is 0 Å². The fraction of sp³-hybridized carbons (Fsp3) is 0. The van der Waals surface area contributed by atoms with Crippen LogP contribution >= 0.6 is 23.2 Å². The number of hydrogen-bond acceptors (Lipinski definition) is 1. The third-order valence-corrected chi connectivity index (χ3v) is 3.00. The lowest BCUT2D eigenvalue weighted by molar-refractivity contribution is 0.112. The molecule has 2 rings (SSSR count). The summed E-state index contributed by atoms with van der Waals surface area (Å²) >= 11 is 12.1. The highest BCUT2D eigenvalue weighted by molar-refractivity contribution is 6.39. The molecule has 0 aliphatic carbocycles. The molecule has 0 aromatic heterocycles. The predicted molar refractivity (Wildman–Crippen MR) is 67.2 cm³/mol. The minimum atomic E-state index is -0.563. The first-order valence-corrected chi connectivity index (χ1v) is 5.58. The second kappa shape index (κ2) is 4.86. The second-order valence-corrected chi connectivity index (χ2v) is 4.27. The van der Waals surface area contributed by atoms with Crippen LogP contribution in [0.5, 0.6) is 0 Å². The van der Waals surface area contributed by atoms with E-state index in [0.29, 0.717) is 27.5 Å². The summed E-state index contributed by atoms with van der Waals surface area (Å²) in [6.07, 6.45) is 0.462. The van der Waals surface area contributed by atoms with Gasteiger partial charge in [-0.2, -0.15) is 0 Å². The molecule has 0 spiro atoms. The number of carbonyl (C=O) groups excluding carboxylic acids is 1. The molecule has 0 fully saturated rings. The molecule has 0 radical (unpaired) electrons. The van der Waals surface area contributed by atoms with E-state index in [9.17, 15) is 9.18 Å². The molecule has 0 unspecified atom stereocenters. The van der Waals surface area contributed by atoms with Crippen LogP contribution in [0.25, 0.3) is 11.1 Å². The van der Waals surface area contributed by atoms with Crippen LogP contribution in [-0.2, 0) is 0 Å². The van der Waals surface area contributed by atoms with Crippen molar-refractivity contribution in [3.8, 4) is 11.1 Å². The first-order valence-electron chi connectivity index (χ1n) is 4.82. The average Bonchev–Trinajstić information content (AvgIpc) is 2.31. The molecule has 0 N–H and O–H groups in total. The van der Waals surface area contributed by atoms with Crippen molar-refractivity contribution in [2.24, 2.45) is 0 Å². The molecule has 0 heterocycles. The number of hydrogen-bond donors (Lipinski definition) is 0. The number of benzene rings is 2. The highest BCUT2D eigenvalue weighted by atomic mass is 35.5. The summed E-state index contributed by atoms with van der Waals surface area (Å²) in [6.45, 7) is 0. The van der Waals surface area contributed by atoms with E-state index in [4.69, 9.17) is 23.2 Å². The van der Waals surface area contributed by atoms with Gasteiger partial charge in [0, 0.05) is 15.6 Å². The maximum absolute atomic E-state index is 13.2. The van der Waals surface area contributed by atoms with Gasteiger partial charge in [0.1, 0.15) is 5.82 Å². The average molecular weight is 269 g/mol. The van der Waals surface area contributed by atoms with Crippen LogP contribution in [0.4, 0.5) is 4.39 Å². The van der Waals surface area contributed by atoms with E-state index in [2.05, 4.69) is 0 Å². The predicted octanol–water partition coefficient (Wildman–Crippen LogP) is 4.61. The quantitative estimate of drug-likeness (QED) is 0.727. The van der Waals surface area contributed by atoms with E-state index >= 15 is 0 Å². The Kier molecular flexibility index (Phi) is 3.46. The lowest BCUT2D eigenvalue weighted by atomic mass is 10.0. The standard InChI is InChI=1S/C13H7Cl2FO/c14-10-2-1-3-11(15)13(10)8-4-5-12(16)9(6-8)7-17/h1-7H. The van der Waals surface area contributed by atoms with Gasteiger partial charge in [-0.1, -0.05) is 35.3 Å². The van der Waals surface area contributed by atoms with Gasteiger partial charge in [-0.3, -0.25) is 4.79 Å². The molecule has 0 saturated carbocycles. The topological polar surface area (TPSA) is 17.1 Å². The highest BCUT2D eigenvalue weighted by Crippen LogP contribution is 2.34. The Morgan fingerprint density at radius 2 is 1.71 bits per heavy atom. The molecule has 1 nitrogen and oxygen atoms in total. The fourth-order valence-electron chi connectivity index (χ4n) is 1.56. The van der Waals surface area contributed by atoms with E-state index in [1.807, 2.05) is 0 Å². The normalized spacial score (nSPS) is 10.3. The molecular weight excluding hydrogens is 262 g/mol. The molecule has 0 bridgehead atoms. The number of aldehydes is 1. The molecule has 86 valence electrons. The van der Waals surface area contributed by atoms with E-state index in [1.54, 1.807) is 18.2 Å². The molecule has 0 aliphatic rings. The summed E-state index contributed by atoms with van der Waals surface area (Å²) in [5.74, 6) is -0.563. The van der Waals surface area contributed by atoms with Crippen LogP contribution in [0, 0.1) is 5.82 Å². The molecule has 0 atom stereocenters. The van der Waals surface area contributed by atoms with Crippen LogP contribution in [0.1, 0.15) is 10.4 Å². The molecule has 0 saturated heterocycles. The van der Waals surface area contributed by atoms with Crippen LogP contribution in [0.15, 0.2) is 36.4 Å². The third kappa shape index (κ3) is 2.33. The van der Waals surface area contributed by atoms with Gasteiger partial charge >= 0.3 is 0 Å².